The number of hydrogen-bond acceptors (Lipinski definition) is 7. The van der Waals surface area contributed by atoms with E-state index in [-0.39, 0.29) is 6.10 Å². The molecule has 0 aliphatic rings. The number of rotatable bonds is 12. The van der Waals surface area contributed by atoms with Crippen LogP contribution in [0.3, 0.4) is 0 Å². The standard InChI is InChI=1S/C24H31N3O4S/c1-17(2)16-27-23(18(3)31-22-9-7-6-8-21(22)29-5)25-26-24(27)32-15-14-30-20-12-10-19(28-4)11-13-20/h6-13,17-18H,14-16H2,1-5H3. The SMILES string of the molecule is COc1ccc(OCCSc2nnc(C(C)Oc3ccccc3OC)n2CC(C)C)cc1. The fraction of sp³-hybridized carbons (Fsp3) is 0.417. The average Bonchev–Trinajstić information content (AvgIpc) is 3.19. The zero-order chi connectivity index (χ0) is 22.9. The van der Waals surface area contributed by atoms with Gasteiger partial charge in [0.2, 0.25) is 0 Å². The fourth-order valence-corrected chi connectivity index (χ4v) is 3.94. The molecule has 0 aliphatic carbocycles. The van der Waals surface area contributed by atoms with Crippen LogP contribution in [0.1, 0.15) is 32.7 Å². The van der Waals surface area contributed by atoms with Gasteiger partial charge >= 0.3 is 0 Å². The molecule has 7 nitrogen and oxygen atoms in total. The van der Waals surface area contributed by atoms with E-state index in [1.165, 1.54) is 0 Å². The molecule has 172 valence electrons. The van der Waals surface area contributed by atoms with E-state index >= 15 is 0 Å². The first-order valence-electron chi connectivity index (χ1n) is 10.6. The van der Waals surface area contributed by atoms with Crippen LogP contribution in [0, 0.1) is 5.92 Å². The molecule has 2 aromatic carbocycles. The molecule has 0 fully saturated rings. The number of thioether (sulfide) groups is 1. The molecule has 1 aromatic heterocycles. The molecule has 0 bridgehead atoms. The maximum Gasteiger partial charge on any atom is 0.191 e. The van der Waals surface area contributed by atoms with Gasteiger partial charge in [0.25, 0.3) is 0 Å². The molecule has 8 heteroatoms. The lowest BCUT2D eigenvalue weighted by atomic mass is 10.2. The van der Waals surface area contributed by atoms with E-state index in [0.29, 0.717) is 24.0 Å². The second-order valence-electron chi connectivity index (χ2n) is 7.63. The van der Waals surface area contributed by atoms with Crippen molar-refractivity contribution in [1.29, 1.82) is 0 Å². The quantitative estimate of drug-likeness (QED) is 0.271. The number of methoxy groups -OCH3 is 2. The molecule has 3 aromatic rings. The highest BCUT2D eigenvalue weighted by atomic mass is 32.2. The zero-order valence-electron chi connectivity index (χ0n) is 19.3. The van der Waals surface area contributed by atoms with Crippen molar-refractivity contribution in [1.82, 2.24) is 14.8 Å². The van der Waals surface area contributed by atoms with E-state index in [1.54, 1.807) is 26.0 Å². The van der Waals surface area contributed by atoms with Gasteiger partial charge in [0.1, 0.15) is 11.5 Å². The van der Waals surface area contributed by atoms with Gasteiger partial charge < -0.3 is 23.5 Å². The van der Waals surface area contributed by atoms with E-state index in [4.69, 9.17) is 18.9 Å². The van der Waals surface area contributed by atoms with Gasteiger partial charge in [-0.15, -0.1) is 10.2 Å². The van der Waals surface area contributed by atoms with Gasteiger partial charge in [-0.1, -0.05) is 37.7 Å². The Morgan fingerprint density at radius 2 is 1.56 bits per heavy atom. The molecule has 0 radical (unpaired) electrons. The van der Waals surface area contributed by atoms with Crippen LogP contribution in [0.4, 0.5) is 0 Å². The maximum atomic E-state index is 6.17. The Kier molecular flexibility index (Phi) is 8.67. The number of hydrogen-bond donors (Lipinski definition) is 0. The van der Waals surface area contributed by atoms with Crippen LogP contribution in [0.5, 0.6) is 23.0 Å². The molecule has 0 amide bonds. The van der Waals surface area contributed by atoms with Gasteiger partial charge in [-0.25, -0.2) is 0 Å². The van der Waals surface area contributed by atoms with E-state index in [0.717, 1.165) is 34.8 Å². The Labute approximate surface area is 194 Å². The van der Waals surface area contributed by atoms with Gasteiger partial charge in [0.15, 0.2) is 28.6 Å². The summed E-state index contributed by atoms with van der Waals surface area (Å²) in [6.45, 7) is 7.71. The highest BCUT2D eigenvalue weighted by molar-refractivity contribution is 7.99. The van der Waals surface area contributed by atoms with Crippen LogP contribution in [0.25, 0.3) is 0 Å². The van der Waals surface area contributed by atoms with Gasteiger partial charge in [-0.05, 0) is 49.2 Å². The van der Waals surface area contributed by atoms with Crippen molar-refractivity contribution in [2.24, 2.45) is 5.92 Å². The van der Waals surface area contributed by atoms with E-state index < -0.39 is 0 Å². The van der Waals surface area contributed by atoms with E-state index in [9.17, 15) is 0 Å². The summed E-state index contributed by atoms with van der Waals surface area (Å²) in [4.78, 5) is 0. The van der Waals surface area contributed by atoms with Gasteiger partial charge in [-0.3, -0.25) is 0 Å². The summed E-state index contributed by atoms with van der Waals surface area (Å²) < 4.78 is 24.7. The second kappa shape index (κ2) is 11.7. The Hall–Kier alpha value is -2.87. The number of benzene rings is 2. The summed E-state index contributed by atoms with van der Waals surface area (Å²) >= 11 is 1.63. The Morgan fingerprint density at radius 3 is 2.22 bits per heavy atom. The molecule has 0 saturated heterocycles. The van der Waals surface area contributed by atoms with E-state index in [2.05, 4.69) is 28.6 Å². The molecular weight excluding hydrogens is 426 g/mol. The summed E-state index contributed by atoms with van der Waals surface area (Å²) in [6, 6.07) is 15.2. The Bertz CT molecular complexity index is 976. The molecule has 0 aliphatic heterocycles. The van der Waals surface area contributed by atoms with Crippen molar-refractivity contribution in [2.45, 2.75) is 38.6 Å². The second-order valence-corrected chi connectivity index (χ2v) is 8.69. The average molecular weight is 458 g/mol. The summed E-state index contributed by atoms with van der Waals surface area (Å²) in [7, 11) is 3.28. The van der Waals surface area contributed by atoms with Crippen LogP contribution in [-0.2, 0) is 6.54 Å². The third-order valence-electron chi connectivity index (χ3n) is 4.67. The summed E-state index contributed by atoms with van der Waals surface area (Å²) in [5, 5.41) is 9.75. The largest absolute Gasteiger partial charge is 0.497 e. The Balaban J connectivity index is 1.64. The lowest BCUT2D eigenvalue weighted by Crippen LogP contribution is -2.15. The number of ether oxygens (including phenoxy) is 4. The van der Waals surface area contributed by atoms with Crippen LogP contribution in [0.2, 0.25) is 0 Å². The molecule has 0 spiro atoms. The maximum absolute atomic E-state index is 6.17. The third kappa shape index (κ3) is 6.32. The van der Waals surface area contributed by atoms with Gasteiger partial charge in [0.05, 0.1) is 20.8 Å². The van der Waals surface area contributed by atoms with Gasteiger partial charge in [0, 0.05) is 12.3 Å². The van der Waals surface area contributed by atoms with Crippen molar-refractivity contribution in [3.05, 3.63) is 54.4 Å². The fourth-order valence-electron chi connectivity index (χ4n) is 3.17. The smallest absolute Gasteiger partial charge is 0.191 e. The predicted octanol–water partition coefficient (Wildman–Crippen LogP) is 5.26. The van der Waals surface area contributed by atoms with Crippen LogP contribution >= 0.6 is 11.8 Å². The molecule has 1 atom stereocenters. The van der Waals surface area contributed by atoms with Crippen molar-refractivity contribution in [3.8, 4) is 23.0 Å². The molecule has 0 N–H and O–H groups in total. The van der Waals surface area contributed by atoms with Crippen molar-refractivity contribution < 1.29 is 18.9 Å². The monoisotopic (exact) mass is 457 g/mol. The van der Waals surface area contributed by atoms with E-state index in [1.807, 2.05) is 55.5 Å². The first kappa shape index (κ1) is 23.8. The summed E-state index contributed by atoms with van der Waals surface area (Å²) in [5.41, 5.74) is 0. The first-order chi connectivity index (χ1) is 15.5. The minimum atomic E-state index is -0.276. The molecule has 32 heavy (non-hydrogen) atoms. The number of aromatic nitrogens is 3. The van der Waals surface area contributed by atoms with Crippen LogP contribution < -0.4 is 18.9 Å². The highest BCUT2D eigenvalue weighted by Crippen LogP contribution is 2.31. The lowest BCUT2D eigenvalue weighted by molar-refractivity contribution is 0.198. The van der Waals surface area contributed by atoms with Crippen molar-refractivity contribution in [2.75, 3.05) is 26.6 Å². The lowest BCUT2D eigenvalue weighted by Gasteiger charge is -2.19. The molecule has 3 rings (SSSR count). The summed E-state index contributed by atoms with van der Waals surface area (Å²) in [6.07, 6.45) is -0.276. The number of para-hydroxylation sites is 2. The minimum Gasteiger partial charge on any atom is -0.497 e. The van der Waals surface area contributed by atoms with Crippen LogP contribution in [-0.4, -0.2) is 41.3 Å². The topological polar surface area (TPSA) is 67.6 Å². The normalized spacial score (nSPS) is 11.9. The zero-order valence-corrected chi connectivity index (χ0v) is 20.1. The molecule has 0 saturated carbocycles. The molecule has 1 heterocycles. The van der Waals surface area contributed by atoms with Gasteiger partial charge in [-0.2, -0.15) is 0 Å². The minimum absolute atomic E-state index is 0.276. The van der Waals surface area contributed by atoms with Crippen molar-refractivity contribution in [3.63, 3.8) is 0 Å². The summed E-state index contributed by atoms with van der Waals surface area (Å²) in [5.74, 6) is 4.99. The van der Waals surface area contributed by atoms with Crippen LogP contribution in [0.15, 0.2) is 53.7 Å². The third-order valence-corrected chi connectivity index (χ3v) is 5.60. The predicted molar refractivity (Wildman–Crippen MR) is 126 cm³/mol. The van der Waals surface area contributed by atoms with Crippen molar-refractivity contribution >= 4 is 11.8 Å². The Morgan fingerprint density at radius 1 is 0.875 bits per heavy atom. The highest BCUT2D eigenvalue weighted by Gasteiger charge is 2.21. The number of nitrogens with zero attached hydrogens (tertiary/aromatic N) is 3. The molecule has 1 unspecified atom stereocenters. The first-order valence-corrected chi connectivity index (χ1v) is 11.6. The molecular formula is C24H31N3O4S.